The lowest BCUT2D eigenvalue weighted by Gasteiger charge is -2.43. The van der Waals surface area contributed by atoms with E-state index >= 15 is 0 Å². The van der Waals surface area contributed by atoms with Gasteiger partial charge in [-0.05, 0) is 31.2 Å². The predicted octanol–water partition coefficient (Wildman–Crippen LogP) is 1.45. The van der Waals surface area contributed by atoms with E-state index in [4.69, 9.17) is 0 Å². The molecular weight excluding hydrogens is 284 g/mol. The fourth-order valence-electron chi connectivity index (χ4n) is 1.97. The lowest BCUT2D eigenvalue weighted by molar-refractivity contribution is -0.125. The molecule has 0 radical (unpaired) electrons. The first kappa shape index (κ1) is 12.5. The van der Waals surface area contributed by atoms with Gasteiger partial charge < -0.3 is 10.4 Å². The van der Waals surface area contributed by atoms with Crippen molar-refractivity contribution >= 4 is 27.5 Å². The highest BCUT2D eigenvalue weighted by Gasteiger charge is 2.37. The van der Waals surface area contributed by atoms with Crippen LogP contribution in [0.5, 0.6) is 0 Å². The first-order chi connectivity index (χ1) is 7.94. The van der Waals surface area contributed by atoms with Crippen LogP contribution in [0.3, 0.4) is 0 Å². The van der Waals surface area contributed by atoms with Crippen molar-refractivity contribution in [2.45, 2.75) is 12.5 Å². The molecule has 0 aromatic heterocycles. The van der Waals surface area contributed by atoms with Gasteiger partial charge in [-0.2, -0.15) is 0 Å². The van der Waals surface area contributed by atoms with Gasteiger partial charge in [-0.1, -0.05) is 15.9 Å². The molecule has 92 valence electrons. The number of benzene rings is 1. The molecule has 5 heteroatoms. The topological polar surface area (TPSA) is 52.6 Å². The minimum Gasteiger partial charge on any atom is -0.388 e. The zero-order chi connectivity index (χ0) is 12.5. The largest absolute Gasteiger partial charge is 0.388 e. The molecule has 1 amide bonds. The van der Waals surface area contributed by atoms with E-state index in [9.17, 15) is 9.90 Å². The molecule has 0 saturated carbocycles. The molecule has 0 aliphatic carbocycles. The number of hydrogen-bond donors (Lipinski definition) is 2. The zero-order valence-corrected chi connectivity index (χ0v) is 11.2. The summed E-state index contributed by atoms with van der Waals surface area (Å²) >= 11 is 3.34. The Hall–Kier alpha value is -0.910. The zero-order valence-electron chi connectivity index (χ0n) is 9.61. The maximum atomic E-state index is 11.7. The van der Waals surface area contributed by atoms with Crippen molar-refractivity contribution in [1.82, 2.24) is 4.90 Å². The Morgan fingerprint density at radius 2 is 2.06 bits per heavy atom. The van der Waals surface area contributed by atoms with Crippen LogP contribution in [0.25, 0.3) is 0 Å². The Balaban J connectivity index is 1.80. The van der Waals surface area contributed by atoms with Gasteiger partial charge in [-0.15, -0.1) is 0 Å². The standard InChI is InChI=1S/C12H15BrN2O2/c1-12(17)7-15(8-12)6-11(16)14-10-4-2-9(13)3-5-10/h2-5,17H,6-8H2,1H3,(H,14,16). The van der Waals surface area contributed by atoms with E-state index in [1.165, 1.54) is 0 Å². The summed E-state index contributed by atoms with van der Waals surface area (Å²) in [5.41, 5.74) is 0.156. The van der Waals surface area contributed by atoms with E-state index < -0.39 is 5.60 Å². The van der Waals surface area contributed by atoms with E-state index in [2.05, 4.69) is 21.2 Å². The number of halogens is 1. The lowest BCUT2D eigenvalue weighted by Crippen LogP contribution is -2.61. The number of anilines is 1. The number of β-amino-alcohol motifs (C(OH)–C–C–N with tert-alkyl or cyclic N) is 1. The Labute approximate surface area is 109 Å². The molecule has 1 aliphatic heterocycles. The van der Waals surface area contributed by atoms with Crippen molar-refractivity contribution in [3.8, 4) is 0 Å². The number of nitrogens with zero attached hydrogens (tertiary/aromatic N) is 1. The summed E-state index contributed by atoms with van der Waals surface area (Å²) < 4.78 is 0.981. The van der Waals surface area contributed by atoms with Crippen molar-refractivity contribution in [1.29, 1.82) is 0 Å². The monoisotopic (exact) mass is 298 g/mol. The SMILES string of the molecule is CC1(O)CN(CC(=O)Nc2ccc(Br)cc2)C1. The van der Waals surface area contributed by atoms with Gasteiger partial charge in [-0.3, -0.25) is 9.69 Å². The Morgan fingerprint density at radius 1 is 1.47 bits per heavy atom. The molecule has 1 saturated heterocycles. The van der Waals surface area contributed by atoms with Crippen LogP contribution in [0.15, 0.2) is 28.7 Å². The molecule has 1 fully saturated rings. The van der Waals surface area contributed by atoms with Gasteiger partial charge in [0.1, 0.15) is 0 Å². The average Bonchev–Trinajstić information content (AvgIpc) is 2.18. The summed E-state index contributed by atoms with van der Waals surface area (Å²) in [7, 11) is 0. The predicted molar refractivity (Wildman–Crippen MR) is 69.8 cm³/mol. The minimum absolute atomic E-state index is 0.0529. The van der Waals surface area contributed by atoms with Gasteiger partial charge in [-0.25, -0.2) is 0 Å². The van der Waals surface area contributed by atoms with Gasteiger partial charge in [0.15, 0.2) is 0 Å². The van der Waals surface area contributed by atoms with Gasteiger partial charge in [0.25, 0.3) is 0 Å². The van der Waals surface area contributed by atoms with Crippen molar-refractivity contribution in [3.63, 3.8) is 0 Å². The second kappa shape index (κ2) is 4.76. The number of aliphatic hydroxyl groups is 1. The van der Waals surface area contributed by atoms with Gasteiger partial charge >= 0.3 is 0 Å². The third kappa shape index (κ3) is 3.52. The summed E-state index contributed by atoms with van der Waals surface area (Å²) in [6.07, 6.45) is 0. The van der Waals surface area contributed by atoms with Crippen LogP contribution < -0.4 is 5.32 Å². The van der Waals surface area contributed by atoms with Gasteiger partial charge in [0, 0.05) is 23.2 Å². The number of rotatable bonds is 3. The lowest BCUT2D eigenvalue weighted by atomic mass is 9.97. The number of likely N-dealkylation sites (tertiary alicyclic amines) is 1. The van der Waals surface area contributed by atoms with Crippen LogP contribution >= 0.6 is 15.9 Å². The fourth-order valence-corrected chi connectivity index (χ4v) is 2.23. The Kier molecular flexibility index (Phi) is 3.51. The minimum atomic E-state index is -0.627. The summed E-state index contributed by atoms with van der Waals surface area (Å²) in [5, 5.41) is 12.4. The quantitative estimate of drug-likeness (QED) is 0.888. The molecule has 1 aromatic rings. The Bertz CT molecular complexity index is 409. The summed E-state index contributed by atoms with van der Waals surface area (Å²) in [5.74, 6) is -0.0529. The van der Waals surface area contributed by atoms with Crippen LogP contribution in [-0.2, 0) is 4.79 Å². The third-order valence-electron chi connectivity index (χ3n) is 2.62. The normalized spacial score (nSPS) is 18.5. The first-order valence-electron chi connectivity index (χ1n) is 5.45. The van der Waals surface area contributed by atoms with E-state index in [1.54, 1.807) is 6.92 Å². The van der Waals surface area contributed by atoms with E-state index in [0.29, 0.717) is 19.6 Å². The molecule has 0 bridgehead atoms. The van der Waals surface area contributed by atoms with Crippen LogP contribution in [0.1, 0.15) is 6.92 Å². The Morgan fingerprint density at radius 3 is 2.59 bits per heavy atom. The van der Waals surface area contributed by atoms with E-state index in [1.807, 2.05) is 29.2 Å². The highest BCUT2D eigenvalue weighted by molar-refractivity contribution is 9.10. The van der Waals surface area contributed by atoms with Gasteiger partial charge in [0.05, 0.1) is 12.1 Å². The van der Waals surface area contributed by atoms with E-state index in [-0.39, 0.29) is 5.91 Å². The molecular formula is C12H15BrN2O2. The van der Waals surface area contributed by atoms with Crippen LogP contribution in [0.2, 0.25) is 0 Å². The molecule has 1 aliphatic rings. The molecule has 2 N–H and O–H groups in total. The number of carbonyl (C=O) groups is 1. The molecule has 0 spiro atoms. The van der Waals surface area contributed by atoms with Crippen molar-refractivity contribution in [3.05, 3.63) is 28.7 Å². The third-order valence-corrected chi connectivity index (χ3v) is 3.15. The average molecular weight is 299 g/mol. The van der Waals surface area contributed by atoms with Crippen molar-refractivity contribution < 1.29 is 9.90 Å². The molecule has 1 heterocycles. The van der Waals surface area contributed by atoms with Crippen molar-refractivity contribution in [2.24, 2.45) is 0 Å². The fraction of sp³-hybridized carbons (Fsp3) is 0.417. The van der Waals surface area contributed by atoms with Gasteiger partial charge in [0.2, 0.25) is 5.91 Å². The highest BCUT2D eigenvalue weighted by atomic mass is 79.9. The second-order valence-corrected chi connectivity index (χ2v) is 5.61. The molecule has 4 nitrogen and oxygen atoms in total. The number of nitrogens with one attached hydrogen (secondary N) is 1. The smallest absolute Gasteiger partial charge is 0.238 e. The van der Waals surface area contributed by atoms with Crippen LogP contribution in [0.4, 0.5) is 5.69 Å². The number of hydrogen-bond acceptors (Lipinski definition) is 3. The molecule has 0 unspecified atom stereocenters. The number of carbonyl (C=O) groups excluding carboxylic acids is 1. The molecule has 2 rings (SSSR count). The first-order valence-corrected chi connectivity index (χ1v) is 6.24. The van der Waals surface area contributed by atoms with Crippen molar-refractivity contribution in [2.75, 3.05) is 25.0 Å². The van der Waals surface area contributed by atoms with E-state index in [0.717, 1.165) is 10.2 Å². The summed E-state index contributed by atoms with van der Waals surface area (Å²) in [6.45, 7) is 3.21. The maximum Gasteiger partial charge on any atom is 0.238 e. The maximum absolute atomic E-state index is 11.7. The summed E-state index contributed by atoms with van der Waals surface area (Å²) in [4.78, 5) is 13.6. The highest BCUT2D eigenvalue weighted by Crippen LogP contribution is 2.19. The van der Waals surface area contributed by atoms with Crippen LogP contribution in [-0.4, -0.2) is 41.1 Å². The number of amides is 1. The molecule has 1 aromatic carbocycles. The summed E-state index contributed by atoms with van der Waals surface area (Å²) in [6, 6.07) is 7.44. The molecule has 0 atom stereocenters. The molecule has 17 heavy (non-hydrogen) atoms. The second-order valence-electron chi connectivity index (χ2n) is 4.70. The van der Waals surface area contributed by atoms with Crippen LogP contribution in [0, 0.1) is 0 Å².